The van der Waals surface area contributed by atoms with Crippen molar-refractivity contribution in [3.05, 3.63) is 46.2 Å². The van der Waals surface area contributed by atoms with Crippen LogP contribution in [0.2, 0.25) is 0 Å². The van der Waals surface area contributed by atoms with Gasteiger partial charge >= 0.3 is 0 Å². The number of pyridine rings is 2. The molecule has 18 heavy (non-hydrogen) atoms. The second-order valence-electron chi connectivity index (χ2n) is 4.69. The third kappa shape index (κ3) is 2.53. The van der Waals surface area contributed by atoms with Gasteiger partial charge in [0.15, 0.2) is 0 Å². The summed E-state index contributed by atoms with van der Waals surface area (Å²) in [5.41, 5.74) is 2.50. The summed E-state index contributed by atoms with van der Waals surface area (Å²) in [6, 6.07) is 6.17. The zero-order chi connectivity index (χ0) is 12.5. The molecule has 3 rings (SSSR count). The smallest absolute Gasteiger partial charge is 0.131 e. The highest BCUT2D eigenvalue weighted by molar-refractivity contribution is 9.10. The van der Waals surface area contributed by atoms with Crippen LogP contribution in [0.5, 0.6) is 0 Å². The molecule has 2 aromatic rings. The molecular formula is C14H14BrN3. The number of halogens is 1. The van der Waals surface area contributed by atoms with Crippen LogP contribution in [0.1, 0.15) is 29.9 Å². The van der Waals surface area contributed by atoms with Gasteiger partial charge < -0.3 is 5.32 Å². The Bertz CT molecular complexity index is 562. The summed E-state index contributed by atoms with van der Waals surface area (Å²) in [4.78, 5) is 8.73. The topological polar surface area (TPSA) is 37.8 Å². The lowest BCUT2D eigenvalue weighted by molar-refractivity contribution is 1.09. The van der Waals surface area contributed by atoms with E-state index in [0.29, 0.717) is 0 Å². The Morgan fingerprint density at radius 1 is 1.17 bits per heavy atom. The molecule has 4 heteroatoms. The lowest BCUT2D eigenvalue weighted by Crippen LogP contribution is -1.97. The minimum absolute atomic E-state index is 0.750. The van der Waals surface area contributed by atoms with Gasteiger partial charge in [0.1, 0.15) is 11.6 Å². The average molecular weight is 304 g/mol. The standard InChI is InChI=1S/C14H14BrN3/c1-9-6-14(17-8-12(9)15)18-13-5-4-11(7-16-13)10-2-3-10/h4-8,10H,2-3H2,1H3,(H,16,17,18). The highest BCUT2D eigenvalue weighted by atomic mass is 79.9. The first-order valence-corrected chi connectivity index (χ1v) is 6.87. The van der Waals surface area contributed by atoms with E-state index in [1.807, 2.05) is 25.3 Å². The maximum atomic E-state index is 4.42. The van der Waals surface area contributed by atoms with Gasteiger partial charge in [0, 0.05) is 16.9 Å². The Morgan fingerprint density at radius 3 is 2.56 bits per heavy atom. The Morgan fingerprint density at radius 2 is 1.94 bits per heavy atom. The SMILES string of the molecule is Cc1cc(Nc2ccc(C3CC3)cn2)ncc1Br. The van der Waals surface area contributed by atoms with Gasteiger partial charge in [-0.2, -0.15) is 0 Å². The quantitative estimate of drug-likeness (QED) is 0.925. The van der Waals surface area contributed by atoms with E-state index in [1.165, 1.54) is 18.4 Å². The summed E-state index contributed by atoms with van der Waals surface area (Å²) in [6.07, 6.45) is 6.38. The molecule has 1 aliphatic rings. The lowest BCUT2D eigenvalue weighted by Gasteiger charge is -2.07. The summed E-state index contributed by atoms with van der Waals surface area (Å²) in [7, 11) is 0. The van der Waals surface area contributed by atoms with Gasteiger partial charge in [0.25, 0.3) is 0 Å². The highest BCUT2D eigenvalue weighted by Crippen LogP contribution is 2.39. The number of aromatic nitrogens is 2. The van der Waals surface area contributed by atoms with Crippen molar-refractivity contribution in [1.82, 2.24) is 9.97 Å². The van der Waals surface area contributed by atoms with Crippen molar-refractivity contribution >= 4 is 27.6 Å². The Kier molecular flexibility index (Phi) is 3.04. The van der Waals surface area contributed by atoms with Crippen molar-refractivity contribution < 1.29 is 0 Å². The molecule has 0 aliphatic heterocycles. The predicted octanol–water partition coefficient (Wildman–Crippen LogP) is 4.17. The zero-order valence-electron chi connectivity index (χ0n) is 10.2. The van der Waals surface area contributed by atoms with Gasteiger partial charge in [-0.3, -0.25) is 0 Å². The number of aryl methyl sites for hydroxylation is 1. The van der Waals surface area contributed by atoms with E-state index in [1.54, 1.807) is 6.20 Å². The molecule has 1 saturated carbocycles. The molecule has 3 nitrogen and oxygen atoms in total. The number of anilines is 2. The van der Waals surface area contributed by atoms with Crippen LogP contribution in [0.15, 0.2) is 35.1 Å². The Balaban J connectivity index is 1.76. The van der Waals surface area contributed by atoms with Gasteiger partial charge in [-0.15, -0.1) is 0 Å². The first kappa shape index (κ1) is 11.7. The lowest BCUT2D eigenvalue weighted by atomic mass is 10.2. The van der Waals surface area contributed by atoms with Gasteiger partial charge in [0.2, 0.25) is 0 Å². The van der Waals surface area contributed by atoms with Gasteiger partial charge in [-0.05, 0) is 64.9 Å². The first-order valence-electron chi connectivity index (χ1n) is 6.07. The maximum absolute atomic E-state index is 4.42. The van der Waals surface area contributed by atoms with Crippen LogP contribution in [0.25, 0.3) is 0 Å². The van der Waals surface area contributed by atoms with Crippen LogP contribution in [-0.2, 0) is 0 Å². The van der Waals surface area contributed by atoms with Crippen LogP contribution in [0.3, 0.4) is 0 Å². The number of rotatable bonds is 3. The van der Waals surface area contributed by atoms with Crippen molar-refractivity contribution in [3.8, 4) is 0 Å². The predicted molar refractivity (Wildman–Crippen MR) is 76.2 cm³/mol. The van der Waals surface area contributed by atoms with Gasteiger partial charge in [-0.25, -0.2) is 9.97 Å². The molecule has 92 valence electrons. The molecule has 0 aromatic carbocycles. The molecule has 2 aromatic heterocycles. The molecule has 0 amide bonds. The third-order valence-corrected chi connectivity index (χ3v) is 3.97. The number of nitrogens with one attached hydrogen (secondary N) is 1. The fraction of sp³-hybridized carbons (Fsp3) is 0.286. The minimum Gasteiger partial charge on any atom is -0.325 e. The van der Waals surface area contributed by atoms with Crippen LogP contribution < -0.4 is 5.32 Å². The summed E-state index contributed by atoms with van der Waals surface area (Å²) in [5.74, 6) is 2.41. The number of hydrogen-bond acceptors (Lipinski definition) is 3. The number of nitrogens with zero attached hydrogens (tertiary/aromatic N) is 2. The maximum Gasteiger partial charge on any atom is 0.131 e. The highest BCUT2D eigenvalue weighted by Gasteiger charge is 2.23. The molecule has 0 bridgehead atoms. The van der Waals surface area contributed by atoms with E-state index in [0.717, 1.165) is 27.6 Å². The zero-order valence-corrected chi connectivity index (χ0v) is 11.7. The summed E-state index contributed by atoms with van der Waals surface area (Å²) in [5, 5.41) is 3.22. The van der Waals surface area contributed by atoms with Crippen LogP contribution in [0.4, 0.5) is 11.6 Å². The normalized spacial score (nSPS) is 14.6. The molecule has 0 radical (unpaired) electrons. The molecular weight excluding hydrogens is 290 g/mol. The van der Waals surface area contributed by atoms with Crippen LogP contribution in [0, 0.1) is 6.92 Å². The van der Waals surface area contributed by atoms with E-state index >= 15 is 0 Å². The van der Waals surface area contributed by atoms with E-state index in [2.05, 4.69) is 37.3 Å². The largest absolute Gasteiger partial charge is 0.325 e. The summed E-state index contributed by atoms with van der Waals surface area (Å²) < 4.78 is 1.02. The van der Waals surface area contributed by atoms with Crippen LogP contribution in [-0.4, -0.2) is 9.97 Å². The monoisotopic (exact) mass is 303 g/mol. The second-order valence-corrected chi connectivity index (χ2v) is 5.55. The summed E-state index contributed by atoms with van der Waals surface area (Å²) >= 11 is 3.44. The number of hydrogen-bond donors (Lipinski definition) is 1. The molecule has 2 heterocycles. The molecule has 1 aliphatic carbocycles. The average Bonchev–Trinajstić information content (AvgIpc) is 3.19. The Hall–Kier alpha value is -1.42. The van der Waals surface area contributed by atoms with E-state index < -0.39 is 0 Å². The van der Waals surface area contributed by atoms with E-state index in [4.69, 9.17) is 0 Å². The van der Waals surface area contributed by atoms with Gasteiger partial charge in [0.05, 0.1) is 0 Å². The van der Waals surface area contributed by atoms with Crippen molar-refractivity contribution in [2.24, 2.45) is 0 Å². The summed E-state index contributed by atoms with van der Waals surface area (Å²) in [6.45, 7) is 2.04. The Labute approximate surface area is 115 Å². The van der Waals surface area contributed by atoms with Crippen molar-refractivity contribution in [3.63, 3.8) is 0 Å². The van der Waals surface area contributed by atoms with Crippen molar-refractivity contribution in [1.29, 1.82) is 0 Å². The molecule has 0 saturated heterocycles. The fourth-order valence-corrected chi connectivity index (χ4v) is 2.09. The molecule has 0 spiro atoms. The van der Waals surface area contributed by atoms with Crippen LogP contribution >= 0.6 is 15.9 Å². The second kappa shape index (κ2) is 4.69. The fourth-order valence-electron chi connectivity index (χ4n) is 1.88. The molecule has 0 unspecified atom stereocenters. The first-order chi connectivity index (χ1) is 8.72. The third-order valence-electron chi connectivity index (χ3n) is 3.14. The van der Waals surface area contributed by atoms with E-state index in [9.17, 15) is 0 Å². The molecule has 0 atom stereocenters. The molecule has 1 N–H and O–H groups in total. The van der Waals surface area contributed by atoms with Crippen molar-refractivity contribution in [2.45, 2.75) is 25.7 Å². The molecule has 1 fully saturated rings. The van der Waals surface area contributed by atoms with E-state index in [-0.39, 0.29) is 0 Å². The minimum atomic E-state index is 0.750. The van der Waals surface area contributed by atoms with Gasteiger partial charge in [-0.1, -0.05) is 6.07 Å². The van der Waals surface area contributed by atoms with Crippen molar-refractivity contribution in [2.75, 3.05) is 5.32 Å².